The lowest BCUT2D eigenvalue weighted by Crippen LogP contribution is -2.43. The molecule has 112 valence electrons. The number of rotatable bonds is 7. The summed E-state index contributed by atoms with van der Waals surface area (Å²) in [6, 6.07) is 10.9. The van der Waals surface area contributed by atoms with Crippen molar-refractivity contribution in [3.63, 3.8) is 0 Å². The molecule has 0 bridgehead atoms. The Morgan fingerprint density at radius 2 is 2.10 bits per heavy atom. The quantitative estimate of drug-likeness (QED) is 0.848. The molecule has 1 fully saturated rings. The lowest BCUT2D eigenvalue weighted by molar-refractivity contribution is 0.0517. The number of hydrogen-bond donors (Lipinski definition) is 1. The highest BCUT2D eigenvalue weighted by Crippen LogP contribution is 2.36. The maximum Gasteiger partial charge on any atom is 0.0755 e. The topological polar surface area (TPSA) is 34.2 Å². The number of benzene rings is 1. The third-order valence-electron chi connectivity index (χ3n) is 4.40. The number of fused-ring (bicyclic) bond motifs is 1. The van der Waals surface area contributed by atoms with Gasteiger partial charge in [0.15, 0.2) is 0 Å². The Morgan fingerprint density at radius 1 is 1.29 bits per heavy atom. The molecule has 3 heteroatoms. The lowest BCUT2D eigenvalue weighted by Gasteiger charge is -2.27. The van der Waals surface area contributed by atoms with Crippen molar-refractivity contribution in [1.29, 1.82) is 0 Å². The van der Waals surface area contributed by atoms with Gasteiger partial charge in [-0.05, 0) is 49.4 Å². The molecule has 1 saturated carbocycles. The minimum atomic E-state index is 0.317. The summed E-state index contributed by atoms with van der Waals surface area (Å²) in [7, 11) is 1.85. The SMILES string of the molecule is CCNC(Cc1ccnc2ccccc12)C(OC)C1CC1. The average Bonchev–Trinajstić information content (AvgIpc) is 3.33. The Hall–Kier alpha value is -1.45. The van der Waals surface area contributed by atoms with Crippen molar-refractivity contribution in [2.24, 2.45) is 5.92 Å². The van der Waals surface area contributed by atoms with E-state index in [9.17, 15) is 0 Å². The van der Waals surface area contributed by atoms with Crippen LogP contribution in [0.3, 0.4) is 0 Å². The summed E-state index contributed by atoms with van der Waals surface area (Å²) in [5, 5.41) is 4.88. The minimum Gasteiger partial charge on any atom is -0.380 e. The molecule has 1 aromatic heterocycles. The molecule has 0 amide bonds. The molecule has 1 aromatic carbocycles. The van der Waals surface area contributed by atoms with Gasteiger partial charge in [-0.1, -0.05) is 25.1 Å². The molecule has 0 aliphatic heterocycles. The number of likely N-dealkylation sites (N-methyl/N-ethyl adjacent to an activating group) is 1. The van der Waals surface area contributed by atoms with E-state index in [2.05, 4.69) is 41.5 Å². The van der Waals surface area contributed by atoms with E-state index in [1.165, 1.54) is 23.8 Å². The number of nitrogens with zero attached hydrogens (tertiary/aromatic N) is 1. The summed E-state index contributed by atoms with van der Waals surface area (Å²) in [6.45, 7) is 3.14. The van der Waals surface area contributed by atoms with Gasteiger partial charge in [-0.3, -0.25) is 4.98 Å². The predicted molar refractivity (Wildman–Crippen MR) is 86.4 cm³/mol. The molecule has 0 radical (unpaired) electrons. The molecule has 3 nitrogen and oxygen atoms in total. The van der Waals surface area contributed by atoms with Gasteiger partial charge in [-0.2, -0.15) is 0 Å². The van der Waals surface area contributed by atoms with Crippen molar-refractivity contribution in [2.45, 2.75) is 38.3 Å². The molecule has 2 aromatic rings. The van der Waals surface area contributed by atoms with Gasteiger partial charge < -0.3 is 10.1 Å². The average molecular weight is 284 g/mol. The number of aromatic nitrogens is 1. The Bertz CT molecular complexity index is 589. The Labute approximate surface area is 126 Å². The molecule has 1 heterocycles. The standard InChI is InChI=1S/C18H24N2O/c1-3-19-17(18(21-2)13-8-9-13)12-14-10-11-20-16-7-5-4-6-15(14)16/h4-7,10-11,13,17-19H,3,8-9,12H2,1-2H3. The molecular weight excluding hydrogens is 260 g/mol. The van der Waals surface area contributed by atoms with Gasteiger partial charge in [0.1, 0.15) is 0 Å². The highest BCUT2D eigenvalue weighted by Gasteiger charge is 2.36. The predicted octanol–water partition coefficient (Wildman–Crippen LogP) is 3.18. The second-order valence-corrected chi connectivity index (χ2v) is 5.89. The first kappa shape index (κ1) is 14.5. The summed E-state index contributed by atoms with van der Waals surface area (Å²) in [6.07, 6.45) is 5.83. The molecule has 2 atom stereocenters. The second kappa shape index (κ2) is 6.54. The van der Waals surface area contributed by atoms with E-state index >= 15 is 0 Å². The van der Waals surface area contributed by atoms with Crippen molar-refractivity contribution >= 4 is 10.9 Å². The summed E-state index contributed by atoms with van der Waals surface area (Å²) in [5.41, 5.74) is 2.43. The van der Waals surface area contributed by atoms with E-state index in [1.54, 1.807) is 0 Å². The van der Waals surface area contributed by atoms with Crippen LogP contribution in [-0.4, -0.2) is 30.8 Å². The van der Waals surface area contributed by atoms with Crippen LogP contribution in [0.5, 0.6) is 0 Å². The van der Waals surface area contributed by atoms with Crippen LogP contribution in [0.15, 0.2) is 36.5 Å². The van der Waals surface area contributed by atoms with Crippen molar-refractivity contribution in [2.75, 3.05) is 13.7 Å². The van der Waals surface area contributed by atoms with Crippen molar-refractivity contribution in [3.05, 3.63) is 42.1 Å². The molecule has 2 unspecified atom stereocenters. The van der Waals surface area contributed by atoms with Gasteiger partial charge in [0, 0.05) is 24.7 Å². The zero-order chi connectivity index (χ0) is 14.7. The van der Waals surface area contributed by atoms with Crippen LogP contribution in [0, 0.1) is 5.92 Å². The molecule has 1 N–H and O–H groups in total. The van der Waals surface area contributed by atoms with E-state index < -0.39 is 0 Å². The van der Waals surface area contributed by atoms with Gasteiger partial charge >= 0.3 is 0 Å². The van der Waals surface area contributed by atoms with E-state index in [0.29, 0.717) is 12.1 Å². The fourth-order valence-electron chi connectivity index (χ4n) is 3.25. The Balaban J connectivity index is 1.86. The molecule has 21 heavy (non-hydrogen) atoms. The van der Waals surface area contributed by atoms with Gasteiger partial charge in [0.25, 0.3) is 0 Å². The van der Waals surface area contributed by atoms with Crippen LogP contribution in [0.4, 0.5) is 0 Å². The first-order valence-electron chi connectivity index (χ1n) is 7.92. The number of hydrogen-bond acceptors (Lipinski definition) is 3. The van der Waals surface area contributed by atoms with Gasteiger partial charge in [-0.25, -0.2) is 0 Å². The van der Waals surface area contributed by atoms with Crippen molar-refractivity contribution in [1.82, 2.24) is 10.3 Å². The van der Waals surface area contributed by atoms with Gasteiger partial charge in [0.2, 0.25) is 0 Å². The Morgan fingerprint density at radius 3 is 2.81 bits per heavy atom. The number of methoxy groups -OCH3 is 1. The molecule has 0 spiro atoms. The molecular formula is C18H24N2O. The normalized spacial score (nSPS) is 17.8. The smallest absolute Gasteiger partial charge is 0.0755 e. The third-order valence-corrected chi connectivity index (χ3v) is 4.40. The van der Waals surface area contributed by atoms with Gasteiger partial charge in [-0.15, -0.1) is 0 Å². The second-order valence-electron chi connectivity index (χ2n) is 5.89. The van der Waals surface area contributed by atoms with Crippen molar-refractivity contribution < 1.29 is 4.74 Å². The largest absolute Gasteiger partial charge is 0.380 e. The van der Waals surface area contributed by atoms with Crippen LogP contribution in [0.25, 0.3) is 10.9 Å². The fourth-order valence-corrected chi connectivity index (χ4v) is 3.25. The fraction of sp³-hybridized carbons (Fsp3) is 0.500. The number of nitrogens with one attached hydrogen (secondary N) is 1. The minimum absolute atomic E-state index is 0.317. The number of pyridine rings is 1. The van der Waals surface area contributed by atoms with Crippen LogP contribution in [-0.2, 0) is 11.2 Å². The van der Waals surface area contributed by atoms with Crippen molar-refractivity contribution in [3.8, 4) is 0 Å². The maximum absolute atomic E-state index is 5.80. The Kier molecular flexibility index (Phi) is 4.51. The summed E-state index contributed by atoms with van der Waals surface area (Å²) < 4.78 is 5.80. The monoisotopic (exact) mass is 284 g/mol. The molecule has 1 aliphatic rings. The van der Waals surface area contributed by atoms with Crippen LogP contribution < -0.4 is 5.32 Å². The molecule has 3 rings (SSSR count). The van der Waals surface area contributed by atoms with E-state index in [1.807, 2.05) is 19.4 Å². The lowest BCUT2D eigenvalue weighted by atomic mass is 9.96. The van der Waals surface area contributed by atoms with Crippen LogP contribution >= 0.6 is 0 Å². The molecule has 0 saturated heterocycles. The summed E-state index contributed by atoms with van der Waals surface area (Å²) in [5.74, 6) is 0.729. The number of ether oxygens (including phenoxy) is 1. The first-order valence-corrected chi connectivity index (χ1v) is 7.92. The zero-order valence-corrected chi connectivity index (χ0v) is 12.9. The van der Waals surface area contributed by atoms with E-state index in [-0.39, 0.29) is 0 Å². The summed E-state index contributed by atoms with van der Waals surface area (Å²) in [4.78, 5) is 4.46. The van der Waals surface area contributed by atoms with Gasteiger partial charge in [0.05, 0.1) is 11.6 Å². The van der Waals surface area contributed by atoms with E-state index in [0.717, 1.165) is 24.4 Å². The first-order chi connectivity index (χ1) is 10.3. The number of para-hydroxylation sites is 1. The zero-order valence-electron chi connectivity index (χ0n) is 12.9. The highest BCUT2D eigenvalue weighted by molar-refractivity contribution is 5.81. The summed E-state index contributed by atoms with van der Waals surface area (Å²) >= 11 is 0. The highest BCUT2D eigenvalue weighted by atomic mass is 16.5. The maximum atomic E-state index is 5.80. The molecule has 1 aliphatic carbocycles. The van der Waals surface area contributed by atoms with Crippen LogP contribution in [0.2, 0.25) is 0 Å². The third kappa shape index (κ3) is 3.25. The van der Waals surface area contributed by atoms with Crippen LogP contribution in [0.1, 0.15) is 25.3 Å². The van der Waals surface area contributed by atoms with E-state index in [4.69, 9.17) is 4.74 Å².